The van der Waals surface area contributed by atoms with Crippen molar-refractivity contribution < 1.29 is 38.1 Å². The first-order valence-electron chi connectivity index (χ1n) is 13.5. The number of nitrogens with one attached hydrogen (secondary N) is 1. The number of nitrogens with zero attached hydrogens (tertiary/aromatic N) is 1. The van der Waals surface area contributed by atoms with Gasteiger partial charge in [-0.05, 0) is 61.6 Å². The summed E-state index contributed by atoms with van der Waals surface area (Å²) in [5, 5.41) is 12.6. The van der Waals surface area contributed by atoms with Gasteiger partial charge in [0.25, 0.3) is 0 Å². The predicted molar refractivity (Wildman–Crippen MR) is 150 cm³/mol. The molecule has 4 aliphatic rings. The smallest absolute Gasteiger partial charge is 0.241 e. The van der Waals surface area contributed by atoms with Crippen LogP contribution in [0.15, 0.2) is 48.1 Å². The molecule has 0 spiro atoms. The molecule has 0 bridgehead atoms. The van der Waals surface area contributed by atoms with Crippen LogP contribution in [0.25, 0.3) is 6.08 Å². The van der Waals surface area contributed by atoms with E-state index in [0.29, 0.717) is 12.0 Å². The number of carbonyl (C=O) groups excluding carboxylic acids is 4. The van der Waals surface area contributed by atoms with E-state index in [4.69, 9.17) is 21.1 Å². The summed E-state index contributed by atoms with van der Waals surface area (Å²) in [4.78, 5) is 54.8. The number of imide groups is 2. The minimum atomic E-state index is -1.26. The van der Waals surface area contributed by atoms with Crippen LogP contribution in [0.4, 0.5) is 10.1 Å². The molecule has 2 aromatic rings. The van der Waals surface area contributed by atoms with Crippen molar-refractivity contribution in [2.45, 2.75) is 19.8 Å². The van der Waals surface area contributed by atoms with Crippen LogP contribution in [0.1, 0.15) is 25.3 Å². The lowest BCUT2D eigenvalue weighted by Gasteiger charge is -2.47. The summed E-state index contributed by atoms with van der Waals surface area (Å²) in [5.41, 5.74) is 0.319. The van der Waals surface area contributed by atoms with Gasteiger partial charge in [0.1, 0.15) is 5.82 Å². The number of amides is 4. The summed E-state index contributed by atoms with van der Waals surface area (Å²) in [5.74, 6) is -5.20. The molecule has 4 amide bonds. The van der Waals surface area contributed by atoms with Crippen LogP contribution in [-0.4, -0.2) is 43.0 Å². The molecule has 218 valence electrons. The van der Waals surface area contributed by atoms with Crippen molar-refractivity contribution in [2.24, 2.45) is 35.0 Å². The lowest BCUT2D eigenvalue weighted by atomic mass is 9.52. The van der Waals surface area contributed by atoms with Crippen molar-refractivity contribution >= 4 is 47.0 Å². The van der Waals surface area contributed by atoms with Gasteiger partial charge in [0.05, 0.1) is 48.1 Å². The van der Waals surface area contributed by atoms with Crippen molar-refractivity contribution in [2.75, 3.05) is 19.1 Å². The zero-order chi connectivity index (χ0) is 30.1. The van der Waals surface area contributed by atoms with Crippen LogP contribution >= 0.6 is 11.6 Å². The first-order valence-corrected chi connectivity index (χ1v) is 13.9. The van der Waals surface area contributed by atoms with E-state index in [1.807, 2.05) is 12.2 Å². The zero-order valence-corrected chi connectivity index (χ0v) is 23.8. The normalized spacial score (nSPS) is 30.2. The minimum Gasteiger partial charge on any atom is -0.502 e. The van der Waals surface area contributed by atoms with Gasteiger partial charge in [-0.3, -0.25) is 24.5 Å². The van der Waals surface area contributed by atoms with Gasteiger partial charge in [0.2, 0.25) is 29.4 Å². The molecule has 6 atom stereocenters. The SMILES string of the molecule is COc1cc(C=C[C@H]2C3=CC[C@@H]4C(=O)NC(=O)[C@@H]4[C@@H]3C[C@H]3C(=O)N(c4ccc(F)c(Cl)c4)C(=O)[C@@]23C)cc(OC)c1O. The summed E-state index contributed by atoms with van der Waals surface area (Å²) in [6.07, 6.45) is 6.03. The Labute approximate surface area is 245 Å². The number of allylic oxidation sites excluding steroid dienone is 3. The number of halogens is 2. The highest BCUT2D eigenvalue weighted by atomic mass is 35.5. The second kappa shape index (κ2) is 9.97. The highest BCUT2D eigenvalue weighted by Crippen LogP contribution is 2.60. The number of hydrogen-bond donors (Lipinski definition) is 2. The van der Waals surface area contributed by atoms with Crippen molar-refractivity contribution in [3.8, 4) is 17.2 Å². The molecule has 2 heterocycles. The van der Waals surface area contributed by atoms with Gasteiger partial charge in [0.15, 0.2) is 11.5 Å². The van der Waals surface area contributed by atoms with Gasteiger partial charge in [-0.15, -0.1) is 0 Å². The lowest BCUT2D eigenvalue weighted by Crippen LogP contribution is -2.49. The Morgan fingerprint density at radius 2 is 1.76 bits per heavy atom. The molecular formula is C31H28ClFN2O7. The maximum atomic E-state index is 14.3. The second-order valence-corrected chi connectivity index (χ2v) is 11.7. The van der Waals surface area contributed by atoms with Gasteiger partial charge >= 0.3 is 0 Å². The Balaban J connectivity index is 1.48. The third-order valence-corrected chi connectivity index (χ3v) is 9.62. The molecule has 2 N–H and O–H groups in total. The minimum absolute atomic E-state index is 0.159. The van der Waals surface area contributed by atoms with E-state index in [9.17, 15) is 28.7 Å². The molecule has 6 rings (SSSR count). The predicted octanol–water partition coefficient (Wildman–Crippen LogP) is 4.27. The van der Waals surface area contributed by atoms with E-state index in [-0.39, 0.29) is 46.2 Å². The highest BCUT2D eigenvalue weighted by Gasteiger charge is 2.66. The van der Waals surface area contributed by atoms with E-state index < -0.39 is 52.6 Å². The van der Waals surface area contributed by atoms with Gasteiger partial charge < -0.3 is 14.6 Å². The number of methoxy groups -OCH3 is 2. The van der Waals surface area contributed by atoms with Gasteiger partial charge in [-0.25, -0.2) is 9.29 Å². The van der Waals surface area contributed by atoms with Gasteiger partial charge in [-0.1, -0.05) is 35.4 Å². The van der Waals surface area contributed by atoms with Crippen LogP contribution in [0, 0.1) is 40.8 Å². The summed E-state index contributed by atoms with van der Waals surface area (Å²) in [6, 6.07) is 6.91. The molecule has 2 aliphatic carbocycles. The first-order chi connectivity index (χ1) is 20.0. The number of carbonyl (C=O) groups is 4. The fraction of sp³-hybridized carbons (Fsp3) is 0.355. The number of rotatable bonds is 5. The second-order valence-electron chi connectivity index (χ2n) is 11.3. The van der Waals surface area contributed by atoms with E-state index in [0.717, 1.165) is 16.5 Å². The fourth-order valence-electron chi connectivity index (χ4n) is 7.22. The molecule has 3 fully saturated rings. The van der Waals surface area contributed by atoms with E-state index >= 15 is 0 Å². The van der Waals surface area contributed by atoms with E-state index in [1.165, 1.54) is 26.4 Å². The van der Waals surface area contributed by atoms with E-state index in [2.05, 4.69) is 5.32 Å². The average molecular weight is 595 g/mol. The largest absolute Gasteiger partial charge is 0.502 e. The van der Waals surface area contributed by atoms with Crippen LogP contribution in [0.2, 0.25) is 5.02 Å². The maximum absolute atomic E-state index is 14.3. The molecule has 2 saturated heterocycles. The topological polar surface area (TPSA) is 122 Å². The van der Waals surface area contributed by atoms with E-state index in [1.54, 1.807) is 25.1 Å². The Hall–Kier alpha value is -4.18. The monoisotopic (exact) mass is 594 g/mol. The Kier molecular flexibility index (Phi) is 6.64. The molecule has 42 heavy (non-hydrogen) atoms. The number of anilines is 1. The molecule has 0 radical (unpaired) electrons. The number of ether oxygens (including phenoxy) is 2. The molecule has 0 aromatic heterocycles. The molecule has 2 aromatic carbocycles. The van der Waals surface area contributed by atoms with Crippen molar-refractivity contribution in [1.29, 1.82) is 0 Å². The van der Waals surface area contributed by atoms with Crippen molar-refractivity contribution in [1.82, 2.24) is 5.32 Å². The summed E-state index contributed by atoms with van der Waals surface area (Å²) in [6.45, 7) is 1.74. The zero-order valence-electron chi connectivity index (χ0n) is 23.0. The van der Waals surface area contributed by atoms with Crippen LogP contribution < -0.4 is 19.7 Å². The highest BCUT2D eigenvalue weighted by molar-refractivity contribution is 6.31. The van der Waals surface area contributed by atoms with Crippen LogP contribution in [0.5, 0.6) is 17.2 Å². The number of fused-ring (bicyclic) bond motifs is 4. The number of aromatic hydroxyl groups is 1. The molecule has 2 aliphatic heterocycles. The Morgan fingerprint density at radius 1 is 1.07 bits per heavy atom. The summed E-state index contributed by atoms with van der Waals surface area (Å²) < 4.78 is 24.5. The van der Waals surface area contributed by atoms with Crippen LogP contribution in [0.3, 0.4) is 0 Å². The summed E-state index contributed by atoms with van der Waals surface area (Å²) >= 11 is 6.01. The Morgan fingerprint density at radius 3 is 2.40 bits per heavy atom. The fourth-order valence-corrected chi connectivity index (χ4v) is 7.39. The van der Waals surface area contributed by atoms with Crippen molar-refractivity contribution in [3.63, 3.8) is 0 Å². The van der Waals surface area contributed by atoms with Gasteiger partial charge in [0, 0.05) is 5.92 Å². The third-order valence-electron chi connectivity index (χ3n) is 9.33. The number of phenols is 1. The van der Waals surface area contributed by atoms with Crippen molar-refractivity contribution in [3.05, 3.63) is 64.5 Å². The lowest BCUT2D eigenvalue weighted by molar-refractivity contribution is -0.132. The summed E-state index contributed by atoms with van der Waals surface area (Å²) in [7, 11) is 2.82. The standard InChI is InChI=1S/C31H28ClFN2O7/c1-31-19(8-4-14-10-23(41-2)26(36)24(11-14)42-3)16-6-7-17-25(28(38)34-27(17)37)18(16)13-20(31)29(39)35(30(31)40)15-5-9-22(33)21(32)12-15/h4-6,8-12,17-20,25,36H,7,13H2,1-3H3,(H,34,37,38)/t17-,18+,19-,20-,25-,31-/m0/s1. The molecule has 1 saturated carbocycles. The number of hydrogen-bond acceptors (Lipinski definition) is 7. The first kappa shape index (κ1) is 28.0. The molecular weight excluding hydrogens is 567 g/mol. The maximum Gasteiger partial charge on any atom is 0.241 e. The average Bonchev–Trinajstić information content (AvgIpc) is 3.37. The Bertz CT molecular complexity index is 1600. The third kappa shape index (κ3) is 3.95. The quantitative estimate of drug-likeness (QED) is 0.392. The van der Waals surface area contributed by atoms with Gasteiger partial charge in [-0.2, -0.15) is 0 Å². The molecule has 9 nitrogen and oxygen atoms in total. The molecule has 0 unspecified atom stereocenters. The number of phenolic OH excluding ortho intramolecular Hbond substituents is 1. The number of benzene rings is 2. The van der Waals surface area contributed by atoms with Crippen LogP contribution in [-0.2, 0) is 19.2 Å². The molecule has 11 heteroatoms.